The first-order valence-corrected chi connectivity index (χ1v) is 6.64. The third kappa shape index (κ3) is 2.70. The van der Waals surface area contributed by atoms with E-state index >= 15 is 0 Å². The monoisotopic (exact) mass is 232 g/mol. The second-order valence-electron chi connectivity index (χ2n) is 5.55. The van der Waals surface area contributed by atoms with Gasteiger partial charge < -0.3 is 5.73 Å². The Kier molecular flexibility index (Phi) is 3.85. The molecule has 3 unspecified atom stereocenters. The molecule has 17 heavy (non-hydrogen) atoms. The largest absolute Gasteiger partial charge is 0.329 e. The van der Waals surface area contributed by atoms with Gasteiger partial charge in [-0.05, 0) is 31.7 Å². The van der Waals surface area contributed by atoms with Crippen molar-refractivity contribution in [3.8, 4) is 0 Å². The fourth-order valence-corrected chi connectivity index (χ4v) is 3.02. The number of rotatable bonds is 3. The molecule has 2 N–H and O–H groups in total. The highest BCUT2D eigenvalue weighted by Gasteiger charge is 2.31. The second-order valence-corrected chi connectivity index (χ2v) is 5.55. The van der Waals surface area contributed by atoms with Crippen LogP contribution >= 0.6 is 0 Å². The number of nitrogens with two attached hydrogens (primary N) is 1. The summed E-state index contributed by atoms with van der Waals surface area (Å²) < 4.78 is 0. The first-order valence-electron chi connectivity index (χ1n) is 6.64. The maximum atomic E-state index is 5.99. The Morgan fingerprint density at radius 3 is 2.41 bits per heavy atom. The molecule has 3 atom stereocenters. The van der Waals surface area contributed by atoms with Gasteiger partial charge in [-0.1, -0.05) is 36.8 Å². The Bertz CT molecular complexity index is 358. The summed E-state index contributed by atoms with van der Waals surface area (Å²) >= 11 is 0. The lowest BCUT2D eigenvalue weighted by molar-refractivity contribution is 0.192. The van der Waals surface area contributed by atoms with E-state index in [1.54, 1.807) is 0 Å². The predicted molar refractivity (Wildman–Crippen MR) is 72.9 cm³/mol. The summed E-state index contributed by atoms with van der Waals surface area (Å²) in [5.74, 6) is 0.796. The minimum atomic E-state index is 0.385. The summed E-state index contributed by atoms with van der Waals surface area (Å²) in [5.41, 5.74) is 8.66. The average Bonchev–Trinajstić information content (AvgIpc) is 2.62. The Morgan fingerprint density at radius 1 is 1.29 bits per heavy atom. The van der Waals surface area contributed by atoms with Crippen molar-refractivity contribution in [2.75, 3.05) is 13.1 Å². The molecule has 2 heteroatoms. The van der Waals surface area contributed by atoms with Crippen LogP contribution in [0.2, 0.25) is 0 Å². The highest BCUT2D eigenvalue weighted by atomic mass is 15.2. The molecular weight excluding hydrogens is 208 g/mol. The maximum Gasteiger partial charge on any atom is 0.0473 e. The van der Waals surface area contributed by atoms with E-state index in [1.165, 1.54) is 24.1 Å². The van der Waals surface area contributed by atoms with Gasteiger partial charge in [0.1, 0.15) is 0 Å². The van der Waals surface area contributed by atoms with Gasteiger partial charge in [0.2, 0.25) is 0 Å². The number of benzene rings is 1. The first kappa shape index (κ1) is 12.6. The van der Waals surface area contributed by atoms with E-state index in [0.29, 0.717) is 18.6 Å². The van der Waals surface area contributed by atoms with E-state index in [4.69, 9.17) is 5.73 Å². The normalized spacial score (nSPS) is 27.3. The molecule has 0 aliphatic carbocycles. The van der Waals surface area contributed by atoms with Gasteiger partial charge >= 0.3 is 0 Å². The van der Waals surface area contributed by atoms with Crippen LogP contribution in [0.5, 0.6) is 0 Å². The van der Waals surface area contributed by atoms with Crippen LogP contribution in [0, 0.1) is 12.8 Å². The minimum absolute atomic E-state index is 0.385. The van der Waals surface area contributed by atoms with Crippen LogP contribution < -0.4 is 5.73 Å². The van der Waals surface area contributed by atoms with Crippen molar-refractivity contribution in [2.45, 2.75) is 39.3 Å². The molecule has 1 saturated heterocycles. The van der Waals surface area contributed by atoms with E-state index in [-0.39, 0.29) is 0 Å². The third-order valence-electron chi connectivity index (χ3n) is 3.92. The number of aryl methyl sites for hydroxylation is 1. The zero-order chi connectivity index (χ0) is 12.4. The molecule has 0 amide bonds. The molecule has 2 rings (SSSR count). The van der Waals surface area contributed by atoms with Crippen molar-refractivity contribution in [1.29, 1.82) is 0 Å². The van der Waals surface area contributed by atoms with Crippen molar-refractivity contribution in [3.63, 3.8) is 0 Å². The smallest absolute Gasteiger partial charge is 0.0473 e. The van der Waals surface area contributed by atoms with Crippen LogP contribution in [0.25, 0.3) is 0 Å². The fraction of sp³-hybridized carbons (Fsp3) is 0.600. The van der Waals surface area contributed by atoms with E-state index in [1.807, 2.05) is 0 Å². The van der Waals surface area contributed by atoms with Gasteiger partial charge in [0.25, 0.3) is 0 Å². The molecule has 2 nitrogen and oxygen atoms in total. The number of likely N-dealkylation sites (tertiary alicyclic amines) is 1. The standard InChI is InChI=1S/C15H24N2/c1-11-4-6-14(7-5-11)15(9-16)17-10-12(2)8-13(17)3/h4-7,12-13,15H,8-10,16H2,1-3H3. The van der Waals surface area contributed by atoms with E-state index < -0.39 is 0 Å². The van der Waals surface area contributed by atoms with Crippen molar-refractivity contribution in [2.24, 2.45) is 11.7 Å². The first-order chi connectivity index (χ1) is 8.11. The summed E-state index contributed by atoms with van der Waals surface area (Å²) in [6.07, 6.45) is 1.29. The van der Waals surface area contributed by atoms with Gasteiger partial charge in [0.15, 0.2) is 0 Å². The summed E-state index contributed by atoms with van der Waals surface area (Å²) in [4.78, 5) is 2.56. The Hall–Kier alpha value is -0.860. The van der Waals surface area contributed by atoms with E-state index in [9.17, 15) is 0 Å². The van der Waals surface area contributed by atoms with Crippen LogP contribution in [0.15, 0.2) is 24.3 Å². The summed E-state index contributed by atoms with van der Waals surface area (Å²) in [7, 11) is 0. The van der Waals surface area contributed by atoms with E-state index in [2.05, 4.69) is 49.9 Å². The Morgan fingerprint density at radius 2 is 1.94 bits per heavy atom. The molecule has 0 saturated carbocycles. The van der Waals surface area contributed by atoms with Crippen molar-refractivity contribution >= 4 is 0 Å². The lowest BCUT2D eigenvalue weighted by atomic mass is 10.0. The summed E-state index contributed by atoms with van der Waals surface area (Å²) in [6.45, 7) is 8.67. The minimum Gasteiger partial charge on any atom is -0.329 e. The fourth-order valence-electron chi connectivity index (χ4n) is 3.02. The lowest BCUT2D eigenvalue weighted by Gasteiger charge is -2.31. The number of hydrogen-bond acceptors (Lipinski definition) is 2. The Labute approximate surface area is 105 Å². The lowest BCUT2D eigenvalue weighted by Crippen LogP contribution is -2.36. The number of hydrogen-bond donors (Lipinski definition) is 1. The van der Waals surface area contributed by atoms with E-state index in [0.717, 1.165) is 5.92 Å². The van der Waals surface area contributed by atoms with Crippen molar-refractivity contribution in [3.05, 3.63) is 35.4 Å². The van der Waals surface area contributed by atoms with Crippen LogP contribution in [-0.4, -0.2) is 24.0 Å². The Balaban J connectivity index is 2.18. The topological polar surface area (TPSA) is 29.3 Å². The molecule has 0 aromatic heterocycles. The predicted octanol–water partition coefficient (Wildman–Crippen LogP) is 2.73. The van der Waals surface area contributed by atoms with Gasteiger partial charge in [-0.15, -0.1) is 0 Å². The third-order valence-corrected chi connectivity index (χ3v) is 3.92. The highest BCUT2D eigenvalue weighted by molar-refractivity contribution is 5.24. The van der Waals surface area contributed by atoms with Gasteiger partial charge in [-0.3, -0.25) is 4.90 Å². The van der Waals surface area contributed by atoms with Gasteiger partial charge in [0, 0.05) is 25.2 Å². The SMILES string of the molecule is Cc1ccc(C(CN)N2CC(C)CC2C)cc1. The summed E-state index contributed by atoms with van der Waals surface area (Å²) in [5, 5.41) is 0. The van der Waals surface area contributed by atoms with Gasteiger partial charge in [-0.2, -0.15) is 0 Å². The highest BCUT2D eigenvalue weighted by Crippen LogP contribution is 2.31. The second kappa shape index (κ2) is 5.19. The molecule has 0 radical (unpaired) electrons. The maximum absolute atomic E-state index is 5.99. The average molecular weight is 232 g/mol. The van der Waals surface area contributed by atoms with Crippen LogP contribution in [0.1, 0.15) is 37.4 Å². The van der Waals surface area contributed by atoms with Crippen LogP contribution in [-0.2, 0) is 0 Å². The zero-order valence-corrected chi connectivity index (χ0v) is 11.2. The molecule has 1 fully saturated rings. The summed E-state index contributed by atoms with van der Waals surface area (Å²) in [6, 6.07) is 9.85. The van der Waals surface area contributed by atoms with Gasteiger partial charge in [-0.25, -0.2) is 0 Å². The molecule has 0 spiro atoms. The van der Waals surface area contributed by atoms with Crippen molar-refractivity contribution in [1.82, 2.24) is 4.90 Å². The molecule has 0 bridgehead atoms. The molecule has 1 aromatic rings. The van der Waals surface area contributed by atoms with Crippen LogP contribution in [0.4, 0.5) is 0 Å². The molecule has 1 aromatic carbocycles. The van der Waals surface area contributed by atoms with Gasteiger partial charge in [0.05, 0.1) is 0 Å². The zero-order valence-electron chi connectivity index (χ0n) is 11.2. The molecule has 1 aliphatic rings. The molecule has 1 heterocycles. The quantitative estimate of drug-likeness (QED) is 0.868. The molecule has 1 aliphatic heterocycles. The molecule has 94 valence electrons. The molecular formula is C15H24N2. The number of nitrogens with zero attached hydrogens (tertiary/aromatic N) is 1. The van der Waals surface area contributed by atoms with Crippen molar-refractivity contribution < 1.29 is 0 Å². The van der Waals surface area contributed by atoms with Crippen LogP contribution in [0.3, 0.4) is 0 Å².